The first-order valence-corrected chi connectivity index (χ1v) is 7.12. The van der Waals surface area contributed by atoms with Crippen molar-refractivity contribution in [2.75, 3.05) is 43.4 Å². The number of nitrogen functional groups attached to an aromatic ring is 1. The zero-order valence-electron chi connectivity index (χ0n) is 11.5. The molecule has 1 aromatic heterocycles. The van der Waals surface area contributed by atoms with E-state index in [1.807, 2.05) is 4.90 Å². The molecule has 0 saturated carbocycles. The molecule has 3 N–H and O–H groups in total. The van der Waals surface area contributed by atoms with E-state index in [1.165, 1.54) is 0 Å². The van der Waals surface area contributed by atoms with Gasteiger partial charge < -0.3 is 15.7 Å². The van der Waals surface area contributed by atoms with Crippen LogP contribution in [0, 0.1) is 5.95 Å². The van der Waals surface area contributed by atoms with Gasteiger partial charge >= 0.3 is 0 Å². The Morgan fingerprint density at radius 3 is 2.90 bits per heavy atom. The van der Waals surface area contributed by atoms with Crippen molar-refractivity contribution in [3.8, 4) is 0 Å². The number of aliphatic hydroxyl groups is 1. The number of rotatable bonds is 4. The Balaban J connectivity index is 2.07. The third-order valence-electron chi connectivity index (χ3n) is 3.57. The van der Waals surface area contributed by atoms with Crippen molar-refractivity contribution >= 4 is 23.1 Å². The molecule has 2 rings (SSSR count). The topological polar surface area (TPSA) is 65.6 Å². The van der Waals surface area contributed by atoms with E-state index in [0.29, 0.717) is 5.82 Å². The highest BCUT2D eigenvalue weighted by molar-refractivity contribution is 6.33. The number of pyridine rings is 1. The molecule has 0 amide bonds. The third-order valence-corrected chi connectivity index (χ3v) is 3.94. The number of aromatic nitrogens is 1. The molecule has 112 valence electrons. The summed E-state index contributed by atoms with van der Waals surface area (Å²) in [5.74, 6) is -0.199. The minimum atomic E-state index is -0.725. The number of nitrogens with zero attached hydrogens (tertiary/aromatic N) is 3. The SMILES string of the molecule is C[C@H]1CN(CCCO)CCN1c1cc(N)c(Cl)c(F)n1. The van der Waals surface area contributed by atoms with Gasteiger partial charge in [-0.05, 0) is 13.3 Å². The van der Waals surface area contributed by atoms with Crippen LogP contribution >= 0.6 is 11.6 Å². The quantitative estimate of drug-likeness (QED) is 0.822. The number of halogens is 2. The van der Waals surface area contributed by atoms with Gasteiger partial charge in [0.15, 0.2) is 0 Å². The molecule has 1 aromatic rings. The Hall–Kier alpha value is -1.11. The summed E-state index contributed by atoms with van der Waals surface area (Å²) in [6.45, 7) is 5.60. The minimum Gasteiger partial charge on any atom is -0.397 e. The Morgan fingerprint density at radius 1 is 1.55 bits per heavy atom. The van der Waals surface area contributed by atoms with Crippen LogP contribution in [0.2, 0.25) is 5.02 Å². The van der Waals surface area contributed by atoms with E-state index in [2.05, 4.69) is 16.8 Å². The lowest BCUT2D eigenvalue weighted by atomic mass is 10.1. The van der Waals surface area contributed by atoms with Crippen molar-refractivity contribution in [3.63, 3.8) is 0 Å². The minimum absolute atomic E-state index is 0.122. The highest BCUT2D eigenvalue weighted by Gasteiger charge is 2.25. The van der Waals surface area contributed by atoms with Gasteiger partial charge in [0, 0.05) is 44.9 Å². The van der Waals surface area contributed by atoms with Crippen LogP contribution in [0.3, 0.4) is 0 Å². The molecule has 2 heterocycles. The van der Waals surface area contributed by atoms with E-state index >= 15 is 0 Å². The molecule has 1 atom stereocenters. The lowest BCUT2D eigenvalue weighted by molar-refractivity contribution is 0.198. The fraction of sp³-hybridized carbons (Fsp3) is 0.615. The maximum atomic E-state index is 13.6. The Labute approximate surface area is 123 Å². The van der Waals surface area contributed by atoms with Gasteiger partial charge in [-0.1, -0.05) is 11.6 Å². The fourth-order valence-electron chi connectivity index (χ4n) is 2.52. The zero-order chi connectivity index (χ0) is 14.7. The van der Waals surface area contributed by atoms with Crippen LogP contribution in [0.1, 0.15) is 13.3 Å². The average Bonchev–Trinajstić information content (AvgIpc) is 2.42. The first kappa shape index (κ1) is 15.3. The molecular formula is C13H20ClFN4O. The van der Waals surface area contributed by atoms with Crippen molar-refractivity contribution < 1.29 is 9.50 Å². The van der Waals surface area contributed by atoms with Crippen LogP contribution in [0.5, 0.6) is 0 Å². The number of nitrogens with two attached hydrogens (primary N) is 1. The van der Waals surface area contributed by atoms with Gasteiger partial charge in [0.05, 0.1) is 5.69 Å². The Bertz CT molecular complexity index is 451. The van der Waals surface area contributed by atoms with Gasteiger partial charge in [-0.3, -0.25) is 4.90 Å². The highest BCUT2D eigenvalue weighted by Crippen LogP contribution is 2.27. The van der Waals surface area contributed by atoms with Crippen LogP contribution < -0.4 is 10.6 Å². The van der Waals surface area contributed by atoms with Gasteiger partial charge in [0.1, 0.15) is 10.8 Å². The maximum Gasteiger partial charge on any atom is 0.235 e. The lowest BCUT2D eigenvalue weighted by Crippen LogP contribution is -2.52. The third kappa shape index (κ3) is 3.31. The monoisotopic (exact) mass is 302 g/mol. The maximum absolute atomic E-state index is 13.6. The molecule has 20 heavy (non-hydrogen) atoms. The number of piperazine rings is 1. The lowest BCUT2D eigenvalue weighted by Gasteiger charge is -2.40. The normalized spacial score (nSPS) is 20.4. The summed E-state index contributed by atoms with van der Waals surface area (Å²) in [5.41, 5.74) is 5.90. The van der Waals surface area contributed by atoms with Crippen molar-refractivity contribution in [2.45, 2.75) is 19.4 Å². The van der Waals surface area contributed by atoms with Gasteiger partial charge in [-0.15, -0.1) is 0 Å². The van der Waals surface area contributed by atoms with E-state index in [-0.39, 0.29) is 23.4 Å². The number of aliphatic hydroxyl groups excluding tert-OH is 1. The van der Waals surface area contributed by atoms with Crippen LogP contribution in [-0.2, 0) is 0 Å². The second kappa shape index (κ2) is 6.56. The highest BCUT2D eigenvalue weighted by atomic mass is 35.5. The summed E-state index contributed by atoms with van der Waals surface area (Å²) in [7, 11) is 0. The molecule has 1 aliphatic rings. The van der Waals surface area contributed by atoms with E-state index in [1.54, 1.807) is 6.07 Å². The zero-order valence-corrected chi connectivity index (χ0v) is 12.3. The van der Waals surface area contributed by atoms with Crippen LogP contribution in [-0.4, -0.2) is 53.8 Å². The molecule has 0 radical (unpaired) electrons. The molecule has 0 bridgehead atoms. The van der Waals surface area contributed by atoms with E-state index in [0.717, 1.165) is 32.6 Å². The van der Waals surface area contributed by atoms with Crippen LogP contribution in [0.25, 0.3) is 0 Å². The van der Waals surface area contributed by atoms with Crippen molar-refractivity contribution in [1.82, 2.24) is 9.88 Å². The summed E-state index contributed by atoms with van der Waals surface area (Å²) >= 11 is 5.69. The van der Waals surface area contributed by atoms with Gasteiger partial charge in [0.25, 0.3) is 0 Å². The number of hydrogen-bond donors (Lipinski definition) is 2. The van der Waals surface area contributed by atoms with Crippen LogP contribution in [0.15, 0.2) is 6.07 Å². The number of hydrogen-bond acceptors (Lipinski definition) is 5. The van der Waals surface area contributed by atoms with Crippen molar-refractivity contribution in [2.24, 2.45) is 0 Å². The molecule has 0 aliphatic carbocycles. The summed E-state index contributed by atoms with van der Waals surface area (Å²) in [5, 5.41) is 8.74. The summed E-state index contributed by atoms with van der Waals surface area (Å²) in [6, 6.07) is 1.82. The summed E-state index contributed by atoms with van der Waals surface area (Å²) in [6.07, 6.45) is 0.771. The number of anilines is 2. The van der Waals surface area contributed by atoms with E-state index in [9.17, 15) is 4.39 Å². The van der Waals surface area contributed by atoms with Gasteiger partial charge in [-0.2, -0.15) is 4.39 Å². The molecule has 1 aliphatic heterocycles. The first-order valence-electron chi connectivity index (χ1n) is 6.74. The Kier molecular flexibility index (Phi) is 5.01. The van der Waals surface area contributed by atoms with Crippen LogP contribution in [0.4, 0.5) is 15.9 Å². The summed E-state index contributed by atoms with van der Waals surface area (Å²) < 4.78 is 13.6. The second-order valence-corrected chi connectivity index (χ2v) is 5.47. The average molecular weight is 303 g/mol. The molecular weight excluding hydrogens is 283 g/mol. The predicted octanol–water partition coefficient (Wildman–Crippen LogP) is 1.35. The fourth-order valence-corrected chi connectivity index (χ4v) is 2.62. The smallest absolute Gasteiger partial charge is 0.235 e. The van der Waals surface area contributed by atoms with Crippen molar-refractivity contribution in [1.29, 1.82) is 0 Å². The molecule has 0 aromatic carbocycles. The molecule has 7 heteroatoms. The molecule has 0 unspecified atom stereocenters. The molecule has 1 saturated heterocycles. The van der Waals surface area contributed by atoms with E-state index < -0.39 is 5.95 Å². The molecule has 1 fully saturated rings. The van der Waals surface area contributed by atoms with Gasteiger partial charge in [0.2, 0.25) is 5.95 Å². The second-order valence-electron chi connectivity index (χ2n) is 5.09. The largest absolute Gasteiger partial charge is 0.397 e. The molecule has 5 nitrogen and oxygen atoms in total. The van der Waals surface area contributed by atoms with Gasteiger partial charge in [-0.25, -0.2) is 4.98 Å². The summed E-state index contributed by atoms with van der Waals surface area (Å²) in [4.78, 5) is 8.20. The standard InChI is InChI=1S/C13H20ClFN4O/c1-9-8-18(3-2-6-20)4-5-19(9)11-7-10(16)12(14)13(15)17-11/h7,9,20H,2-6,8H2,1H3,(H2,16,17)/t9-/m0/s1. The first-order chi connectivity index (χ1) is 9.52. The molecule has 0 spiro atoms. The van der Waals surface area contributed by atoms with E-state index in [4.69, 9.17) is 22.4 Å². The Morgan fingerprint density at radius 2 is 2.30 bits per heavy atom. The van der Waals surface area contributed by atoms with Crippen molar-refractivity contribution in [3.05, 3.63) is 17.0 Å². The predicted molar refractivity (Wildman–Crippen MR) is 78.6 cm³/mol.